The normalized spacial score (nSPS) is 28.5. The molecule has 0 amide bonds. The van der Waals surface area contributed by atoms with Gasteiger partial charge in [0.25, 0.3) is 0 Å². The lowest BCUT2D eigenvalue weighted by molar-refractivity contribution is -0.0724. The minimum Gasteiger partial charge on any atom is -0.508 e. The average molecular weight is 233 g/mol. The standard InChI is InChI=1S/C14H19NO2/c1-2-15-6-7-17-14-9-11-10(8-12(14)15)4-3-5-13(11)16/h3-5,12,14,16H,2,6-9H2,1H3/t12-,14-/m0/s1. The maximum Gasteiger partial charge on any atom is 0.119 e. The molecule has 1 aromatic rings. The van der Waals surface area contributed by atoms with Gasteiger partial charge >= 0.3 is 0 Å². The Morgan fingerprint density at radius 3 is 3.12 bits per heavy atom. The second-order valence-corrected chi connectivity index (χ2v) is 4.93. The number of aromatic hydroxyl groups is 1. The first kappa shape index (κ1) is 11.1. The zero-order valence-electron chi connectivity index (χ0n) is 10.2. The Kier molecular flexibility index (Phi) is 2.81. The van der Waals surface area contributed by atoms with E-state index in [0.717, 1.165) is 38.1 Å². The van der Waals surface area contributed by atoms with E-state index in [4.69, 9.17) is 4.74 Å². The number of morpholine rings is 1. The van der Waals surface area contributed by atoms with E-state index in [9.17, 15) is 5.11 Å². The second kappa shape index (κ2) is 4.31. The Hall–Kier alpha value is -1.06. The van der Waals surface area contributed by atoms with Crippen molar-refractivity contribution in [2.24, 2.45) is 0 Å². The number of nitrogens with zero attached hydrogens (tertiary/aromatic N) is 1. The minimum atomic E-state index is 0.254. The molecule has 1 fully saturated rings. The third kappa shape index (κ3) is 1.83. The molecule has 3 nitrogen and oxygen atoms in total. The highest BCUT2D eigenvalue weighted by Crippen LogP contribution is 2.33. The monoisotopic (exact) mass is 233 g/mol. The Morgan fingerprint density at radius 2 is 2.29 bits per heavy atom. The van der Waals surface area contributed by atoms with E-state index in [1.807, 2.05) is 6.07 Å². The summed E-state index contributed by atoms with van der Waals surface area (Å²) in [6.45, 7) is 5.14. The first-order valence-corrected chi connectivity index (χ1v) is 6.45. The molecule has 1 aliphatic carbocycles. The quantitative estimate of drug-likeness (QED) is 0.799. The minimum absolute atomic E-state index is 0.254. The number of hydrogen-bond donors (Lipinski definition) is 1. The SMILES string of the molecule is CCN1CCO[C@H]2Cc3c(O)cccc3C[C@@H]21. The van der Waals surface area contributed by atoms with Crippen LogP contribution in [0.3, 0.4) is 0 Å². The molecular weight excluding hydrogens is 214 g/mol. The summed E-state index contributed by atoms with van der Waals surface area (Å²) in [5.74, 6) is 0.429. The molecule has 0 bridgehead atoms. The fourth-order valence-corrected chi connectivity index (χ4v) is 3.16. The Bertz CT molecular complexity index is 419. The maximum atomic E-state index is 9.90. The van der Waals surface area contributed by atoms with E-state index in [1.165, 1.54) is 5.56 Å². The number of phenols is 1. The number of likely N-dealkylation sites (N-methyl/N-ethyl adjacent to an activating group) is 1. The van der Waals surface area contributed by atoms with Crippen molar-refractivity contribution in [2.45, 2.75) is 31.9 Å². The van der Waals surface area contributed by atoms with Gasteiger partial charge in [-0.3, -0.25) is 4.90 Å². The molecule has 92 valence electrons. The summed E-state index contributed by atoms with van der Waals surface area (Å²) >= 11 is 0. The molecule has 0 saturated carbocycles. The van der Waals surface area contributed by atoms with Crippen LogP contribution in [0.25, 0.3) is 0 Å². The first-order valence-electron chi connectivity index (χ1n) is 6.45. The molecule has 0 unspecified atom stereocenters. The molecular formula is C14H19NO2. The fraction of sp³-hybridized carbons (Fsp3) is 0.571. The van der Waals surface area contributed by atoms with Crippen molar-refractivity contribution in [1.29, 1.82) is 0 Å². The summed E-state index contributed by atoms with van der Waals surface area (Å²) in [7, 11) is 0. The predicted octanol–water partition coefficient (Wildman–Crippen LogP) is 1.58. The van der Waals surface area contributed by atoms with Gasteiger partial charge in [0.2, 0.25) is 0 Å². The van der Waals surface area contributed by atoms with Crippen molar-refractivity contribution < 1.29 is 9.84 Å². The second-order valence-electron chi connectivity index (χ2n) is 4.93. The van der Waals surface area contributed by atoms with Crippen LogP contribution in [0.4, 0.5) is 0 Å². The number of phenolic OH excluding ortho intramolecular Hbond substituents is 1. The van der Waals surface area contributed by atoms with Gasteiger partial charge in [-0.1, -0.05) is 19.1 Å². The van der Waals surface area contributed by atoms with E-state index in [-0.39, 0.29) is 6.10 Å². The van der Waals surface area contributed by atoms with Crippen LogP contribution in [0.2, 0.25) is 0 Å². The number of rotatable bonds is 1. The summed E-state index contributed by atoms with van der Waals surface area (Å²) in [4.78, 5) is 2.50. The average Bonchev–Trinajstić information content (AvgIpc) is 2.36. The van der Waals surface area contributed by atoms with Crippen molar-refractivity contribution in [1.82, 2.24) is 4.90 Å². The summed E-state index contributed by atoms with van der Waals surface area (Å²) in [6.07, 6.45) is 2.11. The van der Waals surface area contributed by atoms with Crippen LogP contribution < -0.4 is 0 Å². The summed E-state index contributed by atoms with van der Waals surface area (Å²) in [5, 5.41) is 9.90. The van der Waals surface area contributed by atoms with Crippen molar-refractivity contribution in [3.05, 3.63) is 29.3 Å². The van der Waals surface area contributed by atoms with Crippen LogP contribution in [-0.4, -0.2) is 41.8 Å². The van der Waals surface area contributed by atoms with Crippen molar-refractivity contribution in [2.75, 3.05) is 19.7 Å². The molecule has 0 radical (unpaired) electrons. The Morgan fingerprint density at radius 1 is 1.41 bits per heavy atom. The number of fused-ring (bicyclic) bond motifs is 2. The molecule has 1 aromatic carbocycles. The van der Waals surface area contributed by atoms with Gasteiger partial charge in [0, 0.05) is 19.0 Å². The summed E-state index contributed by atoms with van der Waals surface area (Å²) < 4.78 is 5.87. The zero-order valence-corrected chi connectivity index (χ0v) is 10.2. The van der Waals surface area contributed by atoms with Gasteiger partial charge in [-0.15, -0.1) is 0 Å². The Labute approximate surface area is 102 Å². The van der Waals surface area contributed by atoms with Gasteiger partial charge in [-0.25, -0.2) is 0 Å². The molecule has 2 atom stereocenters. The van der Waals surface area contributed by atoms with E-state index in [0.29, 0.717) is 11.8 Å². The largest absolute Gasteiger partial charge is 0.508 e. The summed E-state index contributed by atoms with van der Waals surface area (Å²) in [5.41, 5.74) is 2.38. The van der Waals surface area contributed by atoms with Crippen molar-refractivity contribution in [3.8, 4) is 5.75 Å². The van der Waals surface area contributed by atoms with Crippen LogP contribution in [-0.2, 0) is 17.6 Å². The summed E-state index contributed by atoms with van der Waals surface area (Å²) in [6, 6.07) is 6.34. The highest BCUT2D eigenvalue weighted by molar-refractivity contribution is 5.42. The van der Waals surface area contributed by atoms with E-state index in [1.54, 1.807) is 6.07 Å². The van der Waals surface area contributed by atoms with Gasteiger partial charge in [0.15, 0.2) is 0 Å². The number of hydrogen-bond acceptors (Lipinski definition) is 3. The first-order chi connectivity index (χ1) is 8.29. The number of benzene rings is 1. The molecule has 1 heterocycles. The van der Waals surface area contributed by atoms with Crippen LogP contribution in [0.1, 0.15) is 18.1 Å². The molecule has 1 saturated heterocycles. The molecule has 3 heteroatoms. The van der Waals surface area contributed by atoms with Crippen LogP contribution in [0.5, 0.6) is 5.75 Å². The van der Waals surface area contributed by atoms with E-state index < -0.39 is 0 Å². The molecule has 17 heavy (non-hydrogen) atoms. The lowest BCUT2D eigenvalue weighted by Gasteiger charge is -2.44. The van der Waals surface area contributed by atoms with E-state index >= 15 is 0 Å². The topological polar surface area (TPSA) is 32.7 Å². The fourth-order valence-electron chi connectivity index (χ4n) is 3.16. The number of ether oxygens (including phenoxy) is 1. The highest BCUT2D eigenvalue weighted by Gasteiger charge is 2.36. The van der Waals surface area contributed by atoms with Gasteiger partial charge in [0.05, 0.1) is 12.7 Å². The maximum absolute atomic E-state index is 9.90. The highest BCUT2D eigenvalue weighted by atomic mass is 16.5. The molecule has 0 aromatic heterocycles. The molecule has 2 aliphatic rings. The van der Waals surface area contributed by atoms with Crippen LogP contribution >= 0.6 is 0 Å². The lowest BCUT2D eigenvalue weighted by atomic mass is 9.84. The predicted molar refractivity (Wildman–Crippen MR) is 66.3 cm³/mol. The van der Waals surface area contributed by atoms with Crippen molar-refractivity contribution in [3.63, 3.8) is 0 Å². The smallest absolute Gasteiger partial charge is 0.119 e. The third-order valence-electron chi connectivity index (χ3n) is 4.10. The van der Waals surface area contributed by atoms with Crippen LogP contribution in [0.15, 0.2) is 18.2 Å². The van der Waals surface area contributed by atoms with Gasteiger partial charge in [-0.2, -0.15) is 0 Å². The Balaban J connectivity index is 1.93. The van der Waals surface area contributed by atoms with Crippen molar-refractivity contribution >= 4 is 0 Å². The van der Waals surface area contributed by atoms with E-state index in [2.05, 4.69) is 17.9 Å². The molecule has 3 rings (SSSR count). The van der Waals surface area contributed by atoms with Gasteiger partial charge in [0.1, 0.15) is 5.75 Å². The molecule has 1 N–H and O–H groups in total. The van der Waals surface area contributed by atoms with Gasteiger partial charge < -0.3 is 9.84 Å². The lowest BCUT2D eigenvalue weighted by Crippen LogP contribution is -2.54. The van der Waals surface area contributed by atoms with Crippen LogP contribution in [0, 0.1) is 0 Å². The molecule has 0 spiro atoms. The third-order valence-corrected chi connectivity index (χ3v) is 4.10. The van der Waals surface area contributed by atoms with Gasteiger partial charge in [-0.05, 0) is 30.2 Å². The zero-order chi connectivity index (χ0) is 11.8. The molecule has 1 aliphatic heterocycles.